The lowest BCUT2D eigenvalue weighted by molar-refractivity contribution is 0.0681. The van der Waals surface area contributed by atoms with Crippen LogP contribution in [0.2, 0.25) is 0 Å². The fourth-order valence-electron chi connectivity index (χ4n) is 4.35. The fraction of sp³-hybridized carbons (Fsp3) is 0.167. The monoisotopic (exact) mass is 388 g/mol. The van der Waals surface area contributed by atoms with Gasteiger partial charge in [0.05, 0.1) is 11.8 Å². The number of fused-ring (bicyclic) bond motifs is 3. The largest absolute Gasteiger partial charge is 0.274 e. The number of benzene rings is 3. The number of rotatable bonds is 2. The summed E-state index contributed by atoms with van der Waals surface area (Å²) in [4.78, 5) is 13.3. The van der Waals surface area contributed by atoms with Gasteiger partial charge in [0.1, 0.15) is 11.6 Å². The molecule has 0 radical (unpaired) electrons. The maximum atomic E-state index is 13.5. The number of halogens is 2. The summed E-state index contributed by atoms with van der Waals surface area (Å²) in [6.07, 6.45) is 1.75. The molecule has 3 aromatic carbocycles. The Morgan fingerprint density at radius 1 is 0.897 bits per heavy atom. The molecule has 1 heterocycles. The van der Waals surface area contributed by atoms with Crippen LogP contribution in [0.1, 0.15) is 39.5 Å². The molecule has 0 unspecified atom stereocenters. The number of aryl methyl sites for hydroxylation is 1. The van der Waals surface area contributed by atoms with Crippen molar-refractivity contribution in [2.45, 2.75) is 18.9 Å². The molecule has 29 heavy (non-hydrogen) atoms. The van der Waals surface area contributed by atoms with Gasteiger partial charge in [0, 0.05) is 17.0 Å². The molecule has 3 nitrogen and oxygen atoms in total. The quantitative estimate of drug-likeness (QED) is 0.599. The minimum absolute atomic E-state index is 0.0276. The number of carbonyl (C=O) groups is 1. The van der Waals surface area contributed by atoms with Crippen molar-refractivity contribution in [3.8, 4) is 0 Å². The van der Waals surface area contributed by atoms with Crippen LogP contribution in [-0.2, 0) is 6.42 Å². The van der Waals surface area contributed by atoms with E-state index in [-0.39, 0.29) is 23.7 Å². The molecule has 5 rings (SSSR count). The van der Waals surface area contributed by atoms with Crippen LogP contribution in [-0.4, -0.2) is 16.6 Å². The van der Waals surface area contributed by atoms with Gasteiger partial charge in [-0.05, 0) is 60.4 Å². The highest BCUT2D eigenvalue weighted by Gasteiger charge is 2.44. The molecule has 0 saturated heterocycles. The van der Waals surface area contributed by atoms with Crippen LogP contribution in [0.25, 0.3) is 0 Å². The fourth-order valence-corrected chi connectivity index (χ4v) is 4.35. The van der Waals surface area contributed by atoms with Crippen LogP contribution in [0.4, 0.5) is 8.78 Å². The summed E-state index contributed by atoms with van der Waals surface area (Å²) in [6.45, 7) is 0. The second-order valence-electron chi connectivity index (χ2n) is 7.44. The normalized spacial score (nSPS) is 20.1. The summed E-state index contributed by atoms with van der Waals surface area (Å²) in [5.41, 5.74) is 4.37. The van der Waals surface area contributed by atoms with E-state index in [1.807, 2.05) is 18.2 Å². The maximum absolute atomic E-state index is 13.5. The van der Waals surface area contributed by atoms with Crippen molar-refractivity contribution in [3.05, 3.63) is 107 Å². The van der Waals surface area contributed by atoms with E-state index in [9.17, 15) is 13.6 Å². The lowest BCUT2D eigenvalue weighted by Gasteiger charge is -2.29. The number of hydrogen-bond donors (Lipinski definition) is 0. The molecule has 2 atom stereocenters. The first-order valence-electron chi connectivity index (χ1n) is 9.63. The van der Waals surface area contributed by atoms with Gasteiger partial charge in [0.15, 0.2) is 0 Å². The molecule has 0 saturated carbocycles. The Bertz CT molecular complexity index is 1110. The van der Waals surface area contributed by atoms with Gasteiger partial charge in [-0.2, -0.15) is 5.10 Å². The van der Waals surface area contributed by atoms with Crippen molar-refractivity contribution >= 4 is 11.6 Å². The first-order chi connectivity index (χ1) is 14.1. The Labute approximate surface area is 167 Å². The predicted molar refractivity (Wildman–Crippen MR) is 107 cm³/mol. The van der Waals surface area contributed by atoms with Crippen LogP contribution < -0.4 is 0 Å². The minimum Gasteiger partial charge on any atom is -0.267 e. The molecular weight excluding hydrogens is 370 g/mol. The zero-order chi connectivity index (χ0) is 20.0. The summed E-state index contributed by atoms with van der Waals surface area (Å²) >= 11 is 0. The van der Waals surface area contributed by atoms with Crippen LogP contribution in [0.15, 0.2) is 77.9 Å². The van der Waals surface area contributed by atoms with Crippen LogP contribution >= 0.6 is 0 Å². The molecule has 0 aromatic heterocycles. The number of hydrogen-bond acceptors (Lipinski definition) is 2. The summed E-state index contributed by atoms with van der Waals surface area (Å²) in [6, 6.07) is 19.5. The zero-order valence-corrected chi connectivity index (χ0v) is 15.6. The van der Waals surface area contributed by atoms with Gasteiger partial charge in [-0.25, -0.2) is 13.8 Å². The molecule has 144 valence electrons. The molecule has 5 heteroatoms. The Morgan fingerprint density at radius 2 is 1.55 bits per heavy atom. The number of carbonyl (C=O) groups excluding carboxylic acids is 1. The van der Waals surface area contributed by atoms with Crippen molar-refractivity contribution in [2.24, 2.45) is 11.0 Å². The highest BCUT2D eigenvalue weighted by Crippen LogP contribution is 2.43. The summed E-state index contributed by atoms with van der Waals surface area (Å²) < 4.78 is 26.8. The second kappa shape index (κ2) is 6.92. The van der Waals surface area contributed by atoms with Gasteiger partial charge < -0.3 is 0 Å². The average Bonchev–Trinajstić information content (AvgIpc) is 3.14. The third-order valence-electron chi connectivity index (χ3n) is 5.74. The third kappa shape index (κ3) is 3.03. The van der Waals surface area contributed by atoms with Crippen LogP contribution in [0.3, 0.4) is 0 Å². The first kappa shape index (κ1) is 17.7. The van der Waals surface area contributed by atoms with Gasteiger partial charge in [0.25, 0.3) is 5.91 Å². The first-order valence-corrected chi connectivity index (χ1v) is 9.63. The molecule has 3 aromatic rings. The highest BCUT2D eigenvalue weighted by atomic mass is 19.1. The number of nitrogens with zero attached hydrogens (tertiary/aromatic N) is 2. The van der Waals surface area contributed by atoms with Gasteiger partial charge in [-0.3, -0.25) is 4.79 Å². The van der Waals surface area contributed by atoms with E-state index >= 15 is 0 Å². The van der Waals surface area contributed by atoms with E-state index in [2.05, 4.69) is 6.07 Å². The number of amides is 1. The van der Waals surface area contributed by atoms with Gasteiger partial charge in [0.2, 0.25) is 0 Å². The molecule has 0 bridgehead atoms. The van der Waals surface area contributed by atoms with Crippen molar-refractivity contribution in [1.82, 2.24) is 5.01 Å². The number of hydrazone groups is 1. The Kier molecular flexibility index (Phi) is 4.23. The van der Waals surface area contributed by atoms with Gasteiger partial charge in [-0.1, -0.05) is 36.4 Å². The van der Waals surface area contributed by atoms with Crippen LogP contribution in [0, 0.1) is 17.6 Å². The Balaban J connectivity index is 1.61. The predicted octanol–water partition coefficient (Wildman–Crippen LogP) is 5.13. The summed E-state index contributed by atoms with van der Waals surface area (Å²) in [5, 5.41) is 6.23. The summed E-state index contributed by atoms with van der Waals surface area (Å²) in [5.74, 6) is -0.983. The van der Waals surface area contributed by atoms with E-state index < -0.39 is 5.82 Å². The second-order valence-corrected chi connectivity index (χ2v) is 7.44. The van der Waals surface area contributed by atoms with E-state index in [1.54, 1.807) is 12.1 Å². The average molecular weight is 388 g/mol. The van der Waals surface area contributed by atoms with Crippen molar-refractivity contribution in [1.29, 1.82) is 0 Å². The standard InChI is InChI=1S/C24H18F2N2O/c25-18-10-5-16(6-11-18)23-21-14-9-15-3-1-2-4-20(15)22(21)27-28(23)24(29)17-7-12-19(26)13-8-17/h1-8,10-13,21,23H,9,14H2/t21-,23-/m1/s1. The van der Waals surface area contributed by atoms with Gasteiger partial charge in [-0.15, -0.1) is 0 Å². The van der Waals surface area contributed by atoms with Crippen molar-refractivity contribution in [3.63, 3.8) is 0 Å². The topological polar surface area (TPSA) is 32.7 Å². The lowest BCUT2D eigenvalue weighted by atomic mass is 9.77. The lowest BCUT2D eigenvalue weighted by Crippen LogP contribution is -2.32. The molecule has 0 spiro atoms. The molecule has 1 aliphatic heterocycles. The van der Waals surface area contributed by atoms with Crippen molar-refractivity contribution in [2.75, 3.05) is 0 Å². The molecular formula is C24H18F2N2O. The van der Waals surface area contributed by atoms with E-state index in [0.29, 0.717) is 5.56 Å². The Hall–Kier alpha value is -3.34. The van der Waals surface area contributed by atoms with Crippen molar-refractivity contribution < 1.29 is 13.6 Å². The van der Waals surface area contributed by atoms with E-state index in [1.165, 1.54) is 47.0 Å². The summed E-state index contributed by atoms with van der Waals surface area (Å²) in [7, 11) is 0. The molecule has 2 aliphatic rings. The molecule has 0 fully saturated rings. The molecule has 0 N–H and O–H groups in total. The highest BCUT2D eigenvalue weighted by molar-refractivity contribution is 6.08. The van der Waals surface area contributed by atoms with Crippen LogP contribution in [0.5, 0.6) is 0 Å². The van der Waals surface area contributed by atoms with Gasteiger partial charge >= 0.3 is 0 Å². The van der Waals surface area contributed by atoms with E-state index in [0.717, 1.165) is 29.7 Å². The SMILES string of the molecule is O=C(c1ccc(F)cc1)N1N=C2c3ccccc3CC[C@H]2[C@H]1c1ccc(F)cc1. The van der Waals surface area contributed by atoms with E-state index in [4.69, 9.17) is 5.10 Å². The zero-order valence-electron chi connectivity index (χ0n) is 15.6. The smallest absolute Gasteiger partial charge is 0.267 e. The third-order valence-corrected chi connectivity index (χ3v) is 5.74. The maximum Gasteiger partial charge on any atom is 0.274 e. The minimum atomic E-state index is -0.396. The molecule has 1 amide bonds. The Morgan fingerprint density at radius 3 is 2.28 bits per heavy atom. The molecule has 1 aliphatic carbocycles.